The molecule has 0 spiro atoms. The number of nitrogens with one attached hydrogen (secondary N) is 1. The van der Waals surface area contributed by atoms with Gasteiger partial charge < -0.3 is 19.7 Å². The van der Waals surface area contributed by atoms with Crippen molar-refractivity contribution in [2.24, 2.45) is 5.92 Å². The van der Waals surface area contributed by atoms with Crippen LogP contribution in [0, 0.1) is 5.92 Å². The fourth-order valence-electron chi connectivity index (χ4n) is 3.31. The molecule has 2 atom stereocenters. The number of methoxy groups -OCH3 is 1. The fourth-order valence-corrected chi connectivity index (χ4v) is 3.31. The molecular formula is C15H32N2O2. The molecule has 1 fully saturated rings. The topological polar surface area (TPSA) is 33.7 Å². The van der Waals surface area contributed by atoms with Crippen LogP contribution in [0.5, 0.6) is 0 Å². The first-order valence-corrected chi connectivity index (χ1v) is 7.35. The van der Waals surface area contributed by atoms with E-state index in [0.29, 0.717) is 12.0 Å². The maximum Gasteiger partial charge on any atom is 0.0790 e. The van der Waals surface area contributed by atoms with Gasteiger partial charge in [0.2, 0.25) is 0 Å². The van der Waals surface area contributed by atoms with Crippen molar-refractivity contribution in [2.45, 2.75) is 51.9 Å². The number of hydrogen-bond acceptors (Lipinski definition) is 4. The largest absolute Gasteiger partial charge is 0.383 e. The summed E-state index contributed by atoms with van der Waals surface area (Å²) in [5.74, 6) is 0.476. The van der Waals surface area contributed by atoms with E-state index in [2.05, 4.69) is 51.9 Å². The summed E-state index contributed by atoms with van der Waals surface area (Å²) in [6.07, 6.45) is 0. The van der Waals surface area contributed by atoms with E-state index in [1.165, 1.54) is 0 Å². The Morgan fingerprint density at radius 3 is 2.37 bits per heavy atom. The van der Waals surface area contributed by atoms with Gasteiger partial charge in [-0.25, -0.2) is 0 Å². The van der Waals surface area contributed by atoms with Crippen molar-refractivity contribution in [1.29, 1.82) is 0 Å². The number of hydrogen-bond donors (Lipinski definition) is 1. The summed E-state index contributed by atoms with van der Waals surface area (Å²) < 4.78 is 11.5. The van der Waals surface area contributed by atoms with E-state index in [4.69, 9.17) is 9.47 Å². The van der Waals surface area contributed by atoms with Gasteiger partial charge in [0.1, 0.15) is 0 Å². The number of nitrogens with zero attached hydrogens (tertiary/aromatic N) is 1. The number of rotatable bonds is 7. The van der Waals surface area contributed by atoms with Crippen LogP contribution in [0.2, 0.25) is 0 Å². The Balaban J connectivity index is 2.75. The van der Waals surface area contributed by atoms with Gasteiger partial charge in [-0.2, -0.15) is 0 Å². The monoisotopic (exact) mass is 272 g/mol. The van der Waals surface area contributed by atoms with Gasteiger partial charge >= 0.3 is 0 Å². The quantitative estimate of drug-likeness (QED) is 0.765. The van der Waals surface area contributed by atoms with Crippen molar-refractivity contribution < 1.29 is 9.47 Å². The summed E-state index contributed by atoms with van der Waals surface area (Å²) in [5.41, 5.74) is -0.218. The predicted octanol–water partition coefficient (Wildman–Crippen LogP) is 1.75. The van der Waals surface area contributed by atoms with Gasteiger partial charge in [0.15, 0.2) is 0 Å². The summed E-state index contributed by atoms with van der Waals surface area (Å²) in [6.45, 7) is 14.7. The molecule has 4 nitrogen and oxygen atoms in total. The molecule has 0 saturated carbocycles. The third-order valence-corrected chi connectivity index (χ3v) is 4.18. The maximum absolute atomic E-state index is 6.30. The highest BCUT2D eigenvalue weighted by molar-refractivity contribution is 5.05. The summed E-state index contributed by atoms with van der Waals surface area (Å²) in [7, 11) is 3.91. The molecule has 1 saturated heterocycles. The lowest BCUT2D eigenvalue weighted by atomic mass is 9.82. The summed E-state index contributed by atoms with van der Waals surface area (Å²) >= 11 is 0. The van der Waals surface area contributed by atoms with Crippen LogP contribution in [-0.2, 0) is 9.47 Å². The Bertz CT molecular complexity index is 279. The van der Waals surface area contributed by atoms with E-state index in [0.717, 1.165) is 26.2 Å². The van der Waals surface area contributed by atoms with Gasteiger partial charge in [0, 0.05) is 32.2 Å². The fraction of sp³-hybridized carbons (Fsp3) is 1.00. The molecule has 0 radical (unpaired) electrons. The Kier molecular flexibility index (Phi) is 5.80. The zero-order valence-corrected chi connectivity index (χ0v) is 13.7. The van der Waals surface area contributed by atoms with Crippen LogP contribution < -0.4 is 5.32 Å². The minimum absolute atomic E-state index is 0.0995. The van der Waals surface area contributed by atoms with Gasteiger partial charge in [0.05, 0.1) is 17.8 Å². The molecule has 0 aliphatic carbocycles. The lowest BCUT2D eigenvalue weighted by molar-refractivity contribution is -0.0794. The van der Waals surface area contributed by atoms with Crippen LogP contribution in [-0.4, -0.2) is 62.5 Å². The van der Waals surface area contributed by atoms with Crippen LogP contribution in [0.4, 0.5) is 0 Å². The average Bonchev–Trinajstić information content (AvgIpc) is 2.45. The molecule has 114 valence electrons. The number of ether oxygens (including phenoxy) is 2. The van der Waals surface area contributed by atoms with Gasteiger partial charge in [-0.1, -0.05) is 6.92 Å². The highest BCUT2D eigenvalue weighted by Crippen LogP contribution is 2.42. The second-order valence-corrected chi connectivity index (χ2v) is 6.71. The van der Waals surface area contributed by atoms with Crippen LogP contribution in [0.25, 0.3) is 0 Å². The van der Waals surface area contributed by atoms with Gasteiger partial charge in [0.25, 0.3) is 0 Å². The standard InChI is InChI=1S/C15H32N2O2/c1-8-16-13-12(11-17(6)9-10-18-7)14(2,3)19-15(13,4)5/h12-13,16H,8-11H2,1-7H3. The summed E-state index contributed by atoms with van der Waals surface area (Å²) in [4.78, 5) is 2.34. The van der Waals surface area contributed by atoms with E-state index >= 15 is 0 Å². The van der Waals surface area contributed by atoms with Crippen LogP contribution in [0.15, 0.2) is 0 Å². The highest BCUT2D eigenvalue weighted by atomic mass is 16.5. The van der Waals surface area contributed by atoms with Crippen LogP contribution in [0.1, 0.15) is 34.6 Å². The first kappa shape index (κ1) is 16.9. The predicted molar refractivity (Wildman–Crippen MR) is 79.6 cm³/mol. The molecule has 1 N–H and O–H groups in total. The SMILES string of the molecule is CCNC1C(CN(C)CCOC)C(C)(C)OC1(C)C. The molecule has 0 amide bonds. The summed E-state index contributed by atoms with van der Waals surface area (Å²) in [6, 6.07) is 0.387. The average molecular weight is 272 g/mol. The minimum atomic E-state index is -0.119. The van der Waals surface area contributed by atoms with Crippen molar-refractivity contribution in [3.63, 3.8) is 0 Å². The molecule has 0 aromatic rings. The molecular weight excluding hydrogens is 240 g/mol. The van der Waals surface area contributed by atoms with Crippen molar-refractivity contribution in [3.05, 3.63) is 0 Å². The summed E-state index contributed by atoms with van der Waals surface area (Å²) in [5, 5.41) is 3.62. The normalized spacial score (nSPS) is 29.1. The van der Waals surface area contributed by atoms with E-state index in [1.54, 1.807) is 7.11 Å². The molecule has 1 aliphatic rings. The second kappa shape index (κ2) is 6.53. The molecule has 0 aromatic heterocycles. The van der Waals surface area contributed by atoms with Crippen LogP contribution in [0.3, 0.4) is 0 Å². The van der Waals surface area contributed by atoms with Gasteiger partial charge in [-0.05, 0) is 41.3 Å². The first-order valence-electron chi connectivity index (χ1n) is 7.35. The molecule has 2 unspecified atom stereocenters. The van der Waals surface area contributed by atoms with Gasteiger partial charge in [-0.3, -0.25) is 0 Å². The van der Waals surface area contributed by atoms with E-state index < -0.39 is 0 Å². The van der Waals surface area contributed by atoms with Crippen molar-refractivity contribution in [2.75, 3.05) is 40.4 Å². The Morgan fingerprint density at radius 1 is 1.21 bits per heavy atom. The smallest absolute Gasteiger partial charge is 0.0790 e. The molecule has 0 bridgehead atoms. The van der Waals surface area contributed by atoms with Gasteiger partial charge in [-0.15, -0.1) is 0 Å². The highest BCUT2D eigenvalue weighted by Gasteiger charge is 2.53. The molecule has 4 heteroatoms. The number of likely N-dealkylation sites (N-methyl/N-ethyl adjacent to an activating group) is 2. The minimum Gasteiger partial charge on any atom is -0.383 e. The molecule has 1 rings (SSSR count). The lowest BCUT2D eigenvalue weighted by Gasteiger charge is -2.33. The maximum atomic E-state index is 6.30. The van der Waals surface area contributed by atoms with E-state index in [9.17, 15) is 0 Å². The molecule has 0 aromatic carbocycles. The van der Waals surface area contributed by atoms with Crippen molar-refractivity contribution in [1.82, 2.24) is 10.2 Å². The molecule has 19 heavy (non-hydrogen) atoms. The van der Waals surface area contributed by atoms with E-state index in [-0.39, 0.29) is 11.2 Å². The second-order valence-electron chi connectivity index (χ2n) is 6.71. The van der Waals surface area contributed by atoms with E-state index in [1.807, 2.05) is 0 Å². The Hall–Kier alpha value is -0.160. The first-order chi connectivity index (χ1) is 8.74. The third-order valence-electron chi connectivity index (χ3n) is 4.18. The van der Waals surface area contributed by atoms with Crippen molar-refractivity contribution in [3.8, 4) is 0 Å². The Morgan fingerprint density at radius 2 is 1.84 bits per heavy atom. The Labute approximate surface area is 118 Å². The lowest BCUT2D eigenvalue weighted by Crippen LogP contribution is -2.50. The third kappa shape index (κ3) is 4.15. The molecule has 1 heterocycles. The zero-order valence-electron chi connectivity index (χ0n) is 13.7. The molecule has 1 aliphatic heterocycles. The van der Waals surface area contributed by atoms with Crippen LogP contribution >= 0.6 is 0 Å². The van der Waals surface area contributed by atoms with Crippen molar-refractivity contribution >= 4 is 0 Å². The zero-order chi connectivity index (χ0) is 14.7.